The summed E-state index contributed by atoms with van der Waals surface area (Å²) in [5, 5.41) is 7.90. The minimum absolute atomic E-state index is 0.403. The summed E-state index contributed by atoms with van der Waals surface area (Å²) < 4.78 is 0. The van der Waals surface area contributed by atoms with Crippen molar-refractivity contribution in [2.75, 3.05) is 0 Å². The average Bonchev–Trinajstić information content (AvgIpc) is 2.01. The second-order valence-electron chi connectivity index (χ2n) is 6.57. The predicted octanol–water partition coefficient (Wildman–Crippen LogP) is 4.50. The van der Waals surface area contributed by atoms with Crippen LogP contribution in [0.2, 0.25) is 0 Å². The minimum Gasteiger partial charge on any atom is -0.251 e. The van der Waals surface area contributed by atoms with Gasteiger partial charge in [-0.25, -0.2) is 4.89 Å². The van der Waals surface area contributed by atoms with Crippen LogP contribution < -0.4 is 0 Å². The second kappa shape index (κ2) is 5.86. The summed E-state index contributed by atoms with van der Waals surface area (Å²) in [5.41, 5.74) is 0.248. The molecule has 0 aromatic carbocycles. The van der Waals surface area contributed by atoms with Gasteiger partial charge in [-0.1, -0.05) is 33.6 Å². The van der Waals surface area contributed by atoms with Gasteiger partial charge < -0.3 is 0 Å². The van der Waals surface area contributed by atoms with Gasteiger partial charge >= 0.3 is 0 Å². The topological polar surface area (TPSA) is 29.5 Å². The molecule has 1 saturated carbocycles. The zero-order chi connectivity index (χ0) is 12.1. The molecule has 0 aliphatic heterocycles. The van der Waals surface area contributed by atoms with Crippen molar-refractivity contribution in [1.29, 1.82) is 0 Å². The minimum atomic E-state index is -0.403. The van der Waals surface area contributed by atoms with Crippen molar-refractivity contribution in [2.24, 2.45) is 11.3 Å². The maximum Gasteiger partial charge on any atom is 0.0949 e. The van der Waals surface area contributed by atoms with Gasteiger partial charge in [0.1, 0.15) is 0 Å². The number of hydrogen-bond acceptors (Lipinski definition) is 2. The van der Waals surface area contributed by atoms with Crippen molar-refractivity contribution in [3.8, 4) is 0 Å². The van der Waals surface area contributed by atoms with E-state index in [-0.39, 0.29) is 0 Å². The number of rotatable bonds is 0. The van der Waals surface area contributed by atoms with E-state index in [1.807, 2.05) is 0 Å². The molecule has 1 aliphatic rings. The van der Waals surface area contributed by atoms with Crippen molar-refractivity contribution >= 4 is 0 Å². The third-order valence-electron chi connectivity index (χ3n) is 2.73. The lowest BCUT2D eigenvalue weighted by Crippen LogP contribution is -2.20. The summed E-state index contributed by atoms with van der Waals surface area (Å²) in [5.74, 6) is 0.980. The predicted molar refractivity (Wildman–Crippen MR) is 64.9 cm³/mol. The SMILES string of the molecule is CC(C)(C)OO.CC1CCCC(C)(C)C1. The highest BCUT2D eigenvalue weighted by atomic mass is 17.1. The monoisotopic (exact) mass is 216 g/mol. The molecule has 1 N–H and O–H groups in total. The van der Waals surface area contributed by atoms with Crippen LogP contribution in [0.25, 0.3) is 0 Å². The summed E-state index contributed by atoms with van der Waals surface area (Å²) in [6.07, 6.45) is 5.79. The summed E-state index contributed by atoms with van der Waals surface area (Å²) in [6.45, 7) is 12.5. The first-order chi connectivity index (χ1) is 6.66. The van der Waals surface area contributed by atoms with Crippen molar-refractivity contribution in [2.45, 2.75) is 72.8 Å². The van der Waals surface area contributed by atoms with Crippen LogP contribution in [-0.2, 0) is 4.89 Å². The molecule has 1 aliphatic carbocycles. The highest BCUT2D eigenvalue weighted by molar-refractivity contribution is 4.76. The number of hydrogen-bond donors (Lipinski definition) is 1. The normalized spacial score (nSPS) is 25.4. The zero-order valence-corrected chi connectivity index (χ0v) is 11.3. The van der Waals surface area contributed by atoms with Gasteiger partial charge in [0.05, 0.1) is 5.60 Å². The van der Waals surface area contributed by atoms with Gasteiger partial charge in [0.15, 0.2) is 0 Å². The largest absolute Gasteiger partial charge is 0.251 e. The van der Waals surface area contributed by atoms with Gasteiger partial charge in [0.25, 0.3) is 0 Å². The fourth-order valence-corrected chi connectivity index (χ4v) is 2.08. The van der Waals surface area contributed by atoms with E-state index in [4.69, 9.17) is 5.26 Å². The van der Waals surface area contributed by atoms with Crippen molar-refractivity contribution in [3.63, 3.8) is 0 Å². The van der Waals surface area contributed by atoms with Gasteiger partial charge in [0, 0.05) is 0 Å². The Hall–Kier alpha value is -0.0800. The van der Waals surface area contributed by atoms with Gasteiger partial charge in [-0.2, -0.15) is 0 Å². The summed E-state index contributed by atoms with van der Waals surface area (Å²) in [7, 11) is 0. The van der Waals surface area contributed by atoms with E-state index in [1.165, 1.54) is 25.7 Å². The third kappa shape index (κ3) is 8.88. The van der Waals surface area contributed by atoms with E-state index in [0.29, 0.717) is 5.41 Å². The van der Waals surface area contributed by atoms with E-state index in [0.717, 1.165) is 5.92 Å². The van der Waals surface area contributed by atoms with E-state index < -0.39 is 5.60 Å². The van der Waals surface area contributed by atoms with Crippen LogP contribution >= 0.6 is 0 Å². The highest BCUT2D eigenvalue weighted by Crippen LogP contribution is 2.37. The maximum atomic E-state index is 7.90. The van der Waals surface area contributed by atoms with Gasteiger partial charge in [-0.3, -0.25) is 5.26 Å². The molecular weight excluding hydrogens is 188 g/mol. The van der Waals surface area contributed by atoms with Gasteiger partial charge in [-0.05, 0) is 44.9 Å². The first-order valence-corrected chi connectivity index (χ1v) is 5.99. The second-order valence-corrected chi connectivity index (χ2v) is 6.57. The van der Waals surface area contributed by atoms with Crippen LogP contribution in [0.1, 0.15) is 67.2 Å². The molecule has 2 heteroatoms. The molecule has 92 valence electrons. The standard InChI is InChI=1S/C9H18.C4H10O2/c1-8-5-4-6-9(2,3)7-8;1-4(2,3)6-5/h8H,4-7H2,1-3H3;5H,1-3H3. The fourth-order valence-electron chi connectivity index (χ4n) is 2.08. The van der Waals surface area contributed by atoms with E-state index >= 15 is 0 Å². The molecule has 0 aromatic rings. The van der Waals surface area contributed by atoms with Crippen LogP contribution in [0.3, 0.4) is 0 Å². The molecule has 1 unspecified atom stereocenters. The molecule has 0 amide bonds. The smallest absolute Gasteiger partial charge is 0.0949 e. The first kappa shape index (κ1) is 14.9. The molecule has 0 bridgehead atoms. The molecule has 0 aromatic heterocycles. The molecular formula is C13H28O2. The Bertz CT molecular complexity index is 168. The lowest BCUT2D eigenvalue weighted by Gasteiger charge is -2.33. The molecule has 0 radical (unpaired) electrons. The van der Waals surface area contributed by atoms with Crippen molar-refractivity contribution in [1.82, 2.24) is 0 Å². The Morgan fingerprint density at radius 3 is 1.93 bits per heavy atom. The van der Waals surface area contributed by atoms with Crippen LogP contribution in [0.4, 0.5) is 0 Å². The molecule has 1 fully saturated rings. The van der Waals surface area contributed by atoms with E-state index in [1.54, 1.807) is 20.8 Å². The molecule has 2 nitrogen and oxygen atoms in total. The zero-order valence-electron chi connectivity index (χ0n) is 11.3. The van der Waals surface area contributed by atoms with Gasteiger partial charge in [-0.15, -0.1) is 0 Å². The highest BCUT2D eigenvalue weighted by Gasteiger charge is 2.24. The van der Waals surface area contributed by atoms with Crippen LogP contribution in [0.5, 0.6) is 0 Å². The molecule has 0 spiro atoms. The Labute approximate surface area is 95.0 Å². The fraction of sp³-hybridized carbons (Fsp3) is 1.00. The quantitative estimate of drug-likeness (QED) is 0.477. The van der Waals surface area contributed by atoms with Crippen LogP contribution in [0, 0.1) is 11.3 Å². The molecule has 0 heterocycles. The lowest BCUT2D eigenvalue weighted by atomic mass is 9.73. The average molecular weight is 216 g/mol. The maximum absolute atomic E-state index is 7.90. The summed E-state index contributed by atoms with van der Waals surface area (Å²) in [6, 6.07) is 0. The Balaban J connectivity index is 0.000000288. The first-order valence-electron chi connectivity index (χ1n) is 5.99. The van der Waals surface area contributed by atoms with Crippen LogP contribution in [-0.4, -0.2) is 10.9 Å². The Kier molecular flexibility index (Phi) is 5.82. The van der Waals surface area contributed by atoms with E-state index in [9.17, 15) is 0 Å². The third-order valence-corrected chi connectivity index (χ3v) is 2.73. The summed E-state index contributed by atoms with van der Waals surface area (Å²) in [4.78, 5) is 3.94. The van der Waals surface area contributed by atoms with Crippen molar-refractivity contribution in [3.05, 3.63) is 0 Å². The van der Waals surface area contributed by atoms with Crippen LogP contribution in [0.15, 0.2) is 0 Å². The Morgan fingerprint density at radius 2 is 1.73 bits per heavy atom. The summed E-state index contributed by atoms with van der Waals surface area (Å²) >= 11 is 0. The van der Waals surface area contributed by atoms with Gasteiger partial charge in [0.2, 0.25) is 0 Å². The van der Waals surface area contributed by atoms with Crippen molar-refractivity contribution < 1.29 is 10.1 Å². The molecule has 1 atom stereocenters. The molecule has 0 saturated heterocycles. The molecule has 15 heavy (non-hydrogen) atoms. The molecule has 1 rings (SSSR count). The van der Waals surface area contributed by atoms with E-state index in [2.05, 4.69) is 25.7 Å². The lowest BCUT2D eigenvalue weighted by molar-refractivity contribution is -0.306. The Morgan fingerprint density at radius 1 is 1.27 bits per heavy atom.